The molecule has 0 atom stereocenters. The van der Waals surface area contributed by atoms with Crippen LogP contribution >= 0.6 is 11.6 Å². The number of carbonyl (C=O) groups excluding carboxylic acids is 1. The van der Waals surface area contributed by atoms with Crippen molar-refractivity contribution in [3.63, 3.8) is 0 Å². The highest BCUT2D eigenvalue weighted by atomic mass is 35.5. The zero-order valence-corrected chi connectivity index (χ0v) is 13.2. The monoisotopic (exact) mass is 344 g/mol. The second-order valence-corrected chi connectivity index (χ2v) is 5.70. The molecular weight excluding hydrogens is 332 g/mol. The van der Waals surface area contributed by atoms with E-state index in [-0.39, 0.29) is 12.3 Å². The van der Waals surface area contributed by atoms with Gasteiger partial charge in [0, 0.05) is 10.6 Å². The average Bonchev–Trinajstić information content (AvgIpc) is 2.81. The summed E-state index contributed by atoms with van der Waals surface area (Å²) in [5, 5.41) is 9.51. The smallest absolute Gasteiger partial charge is 0.330 e. The summed E-state index contributed by atoms with van der Waals surface area (Å²) in [7, 11) is 0. The van der Waals surface area contributed by atoms with Crippen molar-refractivity contribution < 1.29 is 14.7 Å². The number of benzene rings is 2. The van der Waals surface area contributed by atoms with Gasteiger partial charge >= 0.3 is 11.7 Å². The molecule has 3 aromatic rings. The molecule has 0 unspecified atom stereocenters. The van der Waals surface area contributed by atoms with Gasteiger partial charge < -0.3 is 5.11 Å². The number of para-hydroxylation sites is 2. The van der Waals surface area contributed by atoms with E-state index in [1.807, 2.05) is 0 Å². The van der Waals surface area contributed by atoms with E-state index in [1.54, 1.807) is 48.5 Å². The molecule has 0 saturated heterocycles. The third-order valence-electron chi connectivity index (χ3n) is 3.69. The summed E-state index contributed by atoms with van der Waals surface area (Å²) < 4.78 is 2.43. The summed E-state index contributed by atoms with van der Waals surface area (Å²) in [6.07, 6.45) is 0. The number of rotatable bonds is 5. The minimum absolute atomic E-state index is 0.173. The van der Waals surface area contributed by atoms with Crippen LogP contribution in [0.15, 0.2) is 53.3 Å². The Morgan fingerprint density at radius 3 is 2.00 bits per heavy atom. The van der Waals surface area contributed by atoms with E-state index in [2.05, 4.69) is 0 Å². The normalized spacial score (nSPS) is 10.9. The zero-order valence-electron chi connectivity index (χ0n) is 12.5. The first kappa shape index (κ1) is 16.0. The number of imidazole rings is 1. The molecule has 1 heterocycles. The highest BCUT2D eigenvalue weighted by molar-refractivity contribution is 6.30. The summed E-state index contributed by atoms with van der Waals surface area (Å²) in [5.74, 6) is -1.38. The number of carbonyl (C=O) groups is 2. The van der Waals surface area contributed by atoms with E-state index in [1.165, 1.54) is 4.57 Å². The molecule has 24 heavy (non-hydrogen) atoms. The van der Waals surface area contributed by atoms with Crippen molar-refractivity contribution in [3.05, 3.63) is 69.6 Å². The molecule has 0 spiro atoms. The number of halogens is 1. The summed E-state index contributed by atoms with van der Waals surface area (Å²) in [5.41, 5.74) is 0.905. The number of hydrogen-bond donors (Lipinski definition) is 1. The summed E-state index contributed by atoms with van der Waals surface area (Å²) in [6.45, 7) is -0.630. The van der Waals surface area contributed by atoms with E-state index in [0.717, 1.165) is 4.57 Å². The first-order chi connectivity index (χ1) is 11.5. The molecule has 0 aliphatic carbocycles. The van der Waals surface area contributed by atoms with Gasteiger partial charge in [0.05, 0.1) is 17.6 Å². The standard InChI is InChI=1S/C17H13ClN2O4/c18-12-7-5-11(6-8-12)15(21)9-19-13-3-1-2-4-14(13)20(17(19)24)10-16(22)23/h1-8H,9-10H2,(H,22,23). The number of aromatic nitrogens is 2. The second-order valence-electron chi connectivity index (χ2n) is 5.27. The molecule has 0 amide bonds. The maximum Gasteiger partial charge on any atom is 0.330 e. The van der Waals surface area contributed by atoms with E-state index in [4.69, 9.17) is 16.7 Å². The van der Waals surface area contributed by atoms with Gasteiger partial charge in [-0.05, 0) is 36.4 Å². The molecule has 6 nitrogen and oxygen atoms in total. The fraction of sp³-hybridized carbons (Fsp3) is 0.118. The Balaban J connectivity index is 2.04. The van der Waals surface area contributed by atoms with Crippen LogP contribution in [-0.4, -0.2) is 26.0 Å². The topological polar surface area (TPSA) is 81.3 Å². The molecule has 2 aromatic carbocycles. The van der Waals surface area contributed by atoms with Crippen LogP contribution in [0.2, 0.25) is 5.02 Å². The maximum absolute atomic E-state index is 12.5. The molecule has 122 valence electrons. The van der Waals surface area contributed by atoms with Crippen LogP contribution in [0.1, 0.15) is 10.4 Å². The van der Waals surface area contributed by atoms with E-state index in [9.17, 15) is 14.4 Å². The number of fused-ring (bicyclic) bond motifs is 1. The molecule has 3 rings (SSSR count). The Labute approximate surface area is 141 Å². The zero-order chi connectivity index (χ0) is 17.3. The maximum atomic E-state index is 12.5. The minimum Gasteiger partial charge on any atom is -0.480 e. The molecular formula is C17H13ClN2O4. The second kappa shape index (κ2) is 6.33. The largest absolute Gasteiger partial charge is 0.480 e. The van der Waals surface area contributed by atoms with Crippen LogP contribution in [-0.2, 0) is 17.9 Å². The third kappa shape index (κ3) is 2.96. The predicted molar refractivity (Wildman–Crippen MR) is 89.6 cm³/mol. The summed E-state index contributed by atoms with van der Waals surface area (Å²) in [4.78, 5) is 36.0. The minimum atomic E-state index is -1.12. The molecule has 0 radical (unpaired) electrons. The first-order valence-corrected chi connectivity index (χ1v) is 7.54. The predicted octanol–water partition coefficient (Wildman–Crippen LogP) is 2.42. The molecule has 7 heteroatoms. The number of aliphatic carboxylic acids is 1. The van der Waals surface area contributed by atoms with Gasteiger partial charge in [0.15, 0.2) is 5.78 Å². The number of ketones is 1. The highest BCUT2D eigenvalue weighted by Gasteiger charge is 2.17. The van der Waals surface area contributed by atoms with Crippen molar-refractivity contribution in [1.82, 2.24) is 9.13 Å². The first-order valence-electron chi connectivity index (χ1n) is 7.16. The van der Waals surface area contributed by atoms with Crippen LogP contribution in [0.5, 0.6) is 0 Å². The van der Waals surface area contributed by atoms with Crippen LogP contribution < -0.4 is 5.69 Å². The van der Waals surface area contributed by atoms with Crippen molar-refractivity contribution in [2.45, 2.75) is 13.1 Å². The Morgan fingerprint density at radius 1 is 0.917 bits per heavy atom. The number of hydrogen-bond acceptors (Lipinski definition) is 3. The van der Waals surface area contributed by atoms with Crippen molar-refractivity contribution in [2.75, 3.05) is 0 Å². The van der Waals surface area contributed by atoms with E-state index >= 15 is 0 Å². The van der Waals surface area contributed by atoms with Crippen LogP contribution in [0.4, 0.5) is 0 Å². The van der Waals surface area contributed by atoms with Gasteiger partial charge in [0.1, 0.15) is 6.54 Å². The Hall–Kier alpha value is -2.86. The lowest BCUT2D eigenvalue weighted by Crippen LogP contribution is -2.29. The van der Waals surface area contributed by atoms with E-state index < -0.39 is 18.2 Å². The highest BCUT2D eigenvalue weighted by Crippen LogP contribution is 2.15. The van der Waals surface area contributed by atoms with Crippen molar-refractivity contribution in [2.24, 2.45) is 0 Å². The van der Waals surface area contributed by atoms with E-state index in [0.29, 0.717) is 21.6 Å². The number of carboxylic acid groups (broad SMARTS) is 1. The fourth-order valence-corrected chi connectivity index (χ4v) is 2.71. The van der Waals surface area contributed by atoms with Gasteiger partial charge in [0.25, 0.3) is 0 Å². The van der Waals surface area contributed by atoms with Gasteiger partial charge in [-0.3, -0.25) is 18.7 Å². The van der Waals surface area contributed by atoms with Gasteiger partial charge in [-0.25, -0.2) is 4.79 Å². The van der Waals surface area contributed by atoms with Crippen molar-refractivity contribution in [3.8, 4) is 0 Å². The van der Waals surface area contributed by atoms with Gasteiger partial charge in [0.2, 0.25) is 0 Å². The number of Topliss-reactive ketones (excluding diaryl/α,β-unsaturated/α-hetero) is 1. The average molecular weight is 345 g/mol. The Kier molecular flexibility index (Phi) is 4.22. The molecule has 0 aliphatic rings. The van der Waals surface area contributed by atoms with Gasteiger partial charge in [-0.1, -0.05) is 23.7 Å². The molecule has 0 bridgehead atoms. The molecule has 1 N–H and O–H groups in total. The quantitative estimate of drug-likeness (QED) is 0.721. The Morgan fingerprint density at radius 2 is 1.46 bits per heavy atom. The lowest BCUT2D eigenvalue weighted by atomic mass is 10.1. The molecule has 0 aliphatic heterocycles. The van der Waals surface area contributed by atoms with Gasteiger partial charge in [-0.15, -0.1) is 0 Å². The summed E-state index contributed by atoms with van der Waals surface area (Å²) >= 11 is 5.81. The van der Waals surface area contributed by atoms with Gasteiger partial charge in [-0.2, -0.15) is 0 Å². The molecule has 0 saturated carbocycles. The lowest BCUT2D eigenvalue weighted by molar-refractivity contribution is -0.137. The van der Waals surface area contributed by atoms with Crippen LogP contribution in [0.25, 0.3) is 11.0 Å². The lowest BCUT2D eigenvalue weighted by Gasteiger charge is -2.03. The van der Waals surface area contributed by atoms with Crippen molar-refractivity contribution in [1.29, 1.82) is 0 Å². The molecule has 1 aromatic heterocycles. The van der Waals surface area contributed by atoms with Crippen molar-refractivity contribution >= 4 is 34.4 Å². The van der Waals surface area contributed by atoms with Crippen LogP contribution in [0, 0.1) is 0 Å². The number of nitrogens with zero attached hydrogens (tertiary/aromatic N) is 2. The molecule has 0 fully saturated rings. The fourth-order valence-electron chi connectivity index (χ4n) is 2.58. The van der Waals surface area contributed by atoms with Crippen LogP contribution in [0.3, 0.4) is 0 Å². The third-order valence-corrected chi connectivity index (χ3v) is 3.94. The SMILES string of the molecule is O=C(O)Cn1c(=O)n(CC(=O)c2ccc(Cl)cc2)c2ccccc21. The number of carboxylic acids is 1. The Bertz CT molecular complexity index is 986. The summed E-state index contributed by atoms with van der Waals surface area (Å²) in [6, 6.07) is 13.2.